The Morgan fingerprint density at radius 1 is 1.16 bits per heavy atom. The monoisotopic (exact) mass is 653 g/mol. The fraction of sp³-hybridized carbons (Fsp3) is 0.517. The van der Waals surface area contributed by atoms with Crippen LogP contribution in [0.1, 0.15) is 69.2 Å². The number of nitriles is 1. The van der Waals surface area contributed by atoms with Gasteiger partial charge in [-0.25, -0.2) is 14.6 Å². The number of carbonyl (C=O) groups is 3. The van der Waals surface area contributed by atoms with Crippen LogP contribution in [0.2, 0.25) is 5.02 Å². The Kier molecular flexibility index (Phi) is 11.6. The van der Waals surface area contributed by atoms with Crippen LogP contribution < -0.4 is 10.4 Å². The van der Waals surface area contributed by atoms with Gasteiger partial charge in [0.2, 0.25) is 5.82 Å². The van der Waals surface area contributed by atoms with Crippen molar-refractivity contribution in [2.45, 2.75) is 71.8 Å². The molecule has 16 heteroatoms. The fourth-order valence-corrected chi connectivity index (χ4v) is 4.57. The molecule has 0 unspecified atom stereocenters. The number of amides is 2. The standard InChI is InChI=1S/C29H35ClF3N7O5/c1-18(2)16-39(24-22(30)15-35-23(14-34)36-24)37-25(41)20-8-6-19(7-9-20)17-38-12-10-21(11-13-38)40(27(43)44-28(3,4)5)45-26(42)29(31,32)33/h6-9,15,18,21H,10-13,16-17H2,1-5H3,(H,37,41). The van der Waals surface area contributed by atoms with Crippen LogP contribution >= 0.6 is 11.6 Å². The van der Waals surface area contributed by atoms with Gasteiger partial charge in [0, 0.05) is 31.7 Å². The summed E-state index contributed by atoms with van der Waals surface area (Å²) in [5.74, 6) is -2.71. The fourth-order valence-electron chi connectivity index (χ4n) is 4.38. The number of ether oxygens (including phenoxy) is 1. The zero-order valence-electron chi connectivity index (χ0n) is 25.5. The van der Waals surface area contributed by atoms with Crippen molar-refractivity contribution in [3.8, 4) is 6.07 Å². The summed E-state index contributed by atoms with van der Waals surface area (Å²) in [4.78, 5) is 51.7. The van der Waals surface area contributed by atoms with Gasteiger partial charge >= 0.3 is 18.2 Å². The van der Waals surface area contributed by atoms with Crippen LogP contribution in [0.3, 0.4) is 0 Å². The lowest BCUT2D eigenvalue weighted by atomic mass is 10.0. The van der Waals surface area contributed by atoms with Crippen LogP contribution in [-0.4, -0.2) is 75.4 Å². The van der Waals surface area contributed by atoms with E-state index in [1.807, 2.05) is 24.8 Å². The number of aromatic nitrogens is 2. The quantitative estimate of drug-likeness (QED) is 0.386. The average molecular weight is 654 g/mol. The molecule has 0 spiro atoms. The Morgan fingerprint density at radius 2 is 1.78 bits per heavy atom. The zero-order valence-corrected chi connectivity index (χ0v) is 26.3. The minimum atomic E-state index is -5.28. The van der Waals surface area contributed by atoms with Crippen molar-refractivity contribution in [1.82, 2.24) is 25.4 Å². The molecule has 3 rings (SSSR count). The normalized spacial score (nSPS) is 14.4. The summed E-state index contributed by atoms with van der Waals surface area (Å²) in [5.41, 5.74) is 3.00. The lowest BCUT2D eigenvalue weighted by molar-refractivity contribution is -0.240. The van der Waals surface area contributed by atoms with Crippen molar-refractivity contribution in [3.05, 3.63) is 52.4 Å². The third-order valence-corrected chi connectivity index (χ3v) is 6.63. The summed E-state index contributed by atoms with van der Waals surface area (Å²) in [6.45, 7) is 10.2. The second-order valence-electron chi connectivity index (χ2n) is 11.8. The molecule has 1 saturated heterocycles. The van der Waals surface area contributed by atoms with Crippen molar-refractivity contribution in [2.75, 3.05) is 24.6 Å². The van der Waals surface area contributed by atoms with Gasteiger partial charge in [-0.2, -0.15) is 23.4 Å². The molecular formula is C29H35ClF3N7O5. The van der Waals surface area contributed by atoms with E-state index in [9.17, 15) is 32.8 Å². The summed E-state index contributed by atoms with van der Waals surface area (Å²) >= 11 is 6.26. The highest BCUT2D eigenvalue weighted by atomic mass is 35.5. The first-order valence-electron chi connectivity index (χ1n) is 14.1. The first kappa shape index (κ1) is 35.3. The Labute approximate surface area is 264 Å². The third kappa shape index (κ3) is 10.5. The van der Waals surface area contributed by atoms with E-state index in [4.69, 9.17) is 16.3 Å². The van der Waals surface area contributed by atoms with Gasteiger partial charge in [0.25, 0.3) is 5.91 Å². The topological polar surface area (TPSA) is 141 Å². The van der Waals surface area contributed by atoms with E-state index in [-0.39, 0.29) is 35.4 Å². The number of alkyl halides is 3. The maximum absolute atomic E-state index is 13.1. The first-order valence-corrected chi connectivity index (χ1v) is 14.5. The number of anilines is 1. The second-order valence-corrected chi connectivity index (χ2v) is 12.2. The van der Waals surface area contributed by atoms with E-state index in [0.29, 0.717) is 36.8 Å². The molecule has 45 heavy (non-hydrogen) atoms. The van der Waals surface area contributed by atoms with E-state index in [2.05, 4.69) is 20.2 Å². The summed E-state index contributed by atoms with van der Waals surface area (Å²) < 4.78 is 43.8. The number of hydrogen-bond acceptors (Lipinski definition) is 10. The Balaban J connectivity index is 1.63. The molecule has 2 aromatic rings. The Hall–Kier alpha value is -4.16. The molecule has 0 aliphatic carbocycles. The van der Waals surface area contributed by atoms with E-state index < -0.39 is 35.8 Å². The number of nitrogens with zero attached hydrogens (tertiary/aromatic N) is 6. The number of halogens is 4. The molecule has 1 aliphatic rings. The predicted molar refractivity (Wildman–Crippen MR) is 156 cm³/mol. The highest BCUT2D eigenvalue weighted by molar-refractivity contribution is 6.32. The van der Waals surface area contributed by atoms with Crippen molar-refractivity contribution >= 4 is 35.4 Å². The van der Waals surface area contributed by atoms with Crippen LogP contribution in [-0.2, 0) is 20.9 Å². The number of hydroxylamine groups is 2. The number of piperidine rings is 1. The molecule has 12 nitrogen and oxygen atoms in total. The lowest BCUT2D eigenvalue weighted by Crippen LogP contribution is -2.50. The summed E-state index contributed by atoms with van der Waals surface area (Å²) in [7, 11) is 0. The molecule has 244 valence electrons. The minimum absolute atomic E-state index is 0.0920. The van der Waals surface area contributed by atoms with Crippen molar-refractivity contribution in [3.63, 3.8) is 0 Å². The van der Waals surface area contributed by atoms with Gasteiger partial charge in [0.05, 0.1) is 12.2 Å². The molecular weight excluding hydrogens is 619 g/mol. The zero-order chi connectivity index (χ0) is 33.5. The third-order valence-electron chi connectivity index (χ3n) is 6.36. The predicted octanol–water partition coefficient (Wildman–Crippen LogP) is 5.03. The molecule has 2 amide bonds. The minimum Gasteiger partial charge on any atom is -0.442 e. The van der Waals surface area contributed by atoms with E-state index in [0.717, 1.165) is 5.56 Å². The molecule has 1 aliphatic heterocycles. The van der Waals surface area contributed by atoms with E-state index >= 15 is 0 Å². The number of likely N-dealkylation sites (tertiary alicyclic amines) is 1. The van der Waals surface area contributed by atoms with Crippen LogP contribution in [0, 0.1) is 17.2 Å². The van der Waals surface area contributed by atoms with Crippen LogP contribution in [0.15, 0.2) is 30.5 Å². The molecule has 0 bridgehead atoms. The van der Waals surface area contributed by atoms with E-state index in [1.54, 1.807) is 45.0 Å². The van der Waals surface area contributed by atoms with Crippen molar-refractivity contribution in [1.29, 1.82) is 5.26 Å². The lowest BCUT2D eigenvalue weighted by Gasteiger charge is -2.37. The first-order chi connectivity index (χ1) is 21.0. The summed E-state index contributed by atoms with van der Waals surface area (Å²) in [5, 5.41) is 11.2. The molecule has 0 atom stereocenters. The molecule has 1 aromatic heterocycles. The smallest absolute Gasteiger partial charge is 0.442 e. The Bertz CT molecular complexity index is 1400. The number of nitrogens with one attached hydrogen (secondary N) is 1. The van der Waals surface area contributed by atoms with Crippen molar-refractivity contribution in [2.24, 2.45) is 5.92 Å². The molecule has 0 radical (unpaired) electrons. The largest absolute Gasteiger partial charge is 0.493 e. The van der Waals surface area contributed by atoms with Gasteiger partial charge in [-0.3, -0.25) is 20.1 Å². The highest BCUT2D eigenvalue weighted by Crippen LogP contribution is 2.25. The summed E-state index contributed by atoms with van der Waals surface area (Å²) in [6, 6.07) is 7.89. The summed E-state index contributed by atoms with van der Waals surface area (Å²) in [6.07, 6.45) is -4.69. The maximum Gasteiger partial charge on any atom is 0.493 e. The van der Waals surface area contributed by atoms with Gasteiger partial charge in [0.1, 0.15) is 16.7 Å². The number of rotatable bonds is 8. The average Bonchev–Trinajstić information content (AvgIpc) is 2.95. The van der Waals surface area contributed by atoms with Crippen molar-refractivity contribution < 1.29 is 37.1 Å². The number of benzene rings is 1. The number of carbonyl (C=O) groups excluding carboxylic acids is 3. The number of hydrogen-bond donors (Lipinski definition) is 1. The van der Waals surface area contributed by atoms with Gasteiger partial charge in [-0.1, -0.05) is 37.6 Å². The second kappa shape index (κ2) is 14.7. The molecule has 1 fully saturated rings. The van der Waals surface area contributed by atoms with Gasteiger partial charge in [-0.05, 0) is 57.2 Å². The number of hydrazine groups is 1. The van der Waals surface area contributed by atoms with Gasteiger partial charge in [-0.15, -0.1) is 5.06 Å². The molecule has 2 heterocycles. The van der Waals surface area contributed by atoms with Gasteiger partial charge < -0.3 is 9.57 Å². The molecule has 1 aromatic carbocycles. The van der Waals surface area contributed by atoms with Gasteiger partial charge in [0.15, 0.2) is 5.82 Å². The van der Waals surface area contributed by atoms with Crippen LogP contribution in [0.5, 0.6) is 0 Å². The van der Waals surface area contributed by atoms with Crippen LogP contribution in [0.25, 0.3) is 0 Å². The molecule has 1 N–H and O–H groups in total. The Morgan fingerprint density at radius 3 is 2.31 bits per heavy atom. The highest BCUT2D eigenvalue weighted by Gasteiger charge is 2.45. The molecule has 0 saturated carbocycles. The van der Waals surface area contributed by atoms with Crippen LogP contribution in [0.4, 0.5) is 23.8 Å². The maximum atomic E-state index is 13.1. The SMILES string of the molecule is CC(C)CN(NC(=O)c1ccc(CN2CCC(N(OC(=O)C(F)(F)F)C(=O)OC(C)(C)C)CC2)cc1)c1nc(C#N)ncc1Cl. The van der Waals surface area contributed by atoms with E-state index in [1.165, 1.54) is 11.2 Å².